The van der Waals surface area contributed by atoms with Crippen molar-refractivity contribution in [3.63, 3.8) is 0 Å². The molecule has 0 unspecified atom stereocenters. The highest BCUT2D eigenvalue weighted by Gasteiger charge is 2.21. The summed E-state index contributed by atoms with van der Waals surface area (Å²) in [5.74, 6) is 0.869. The molecule has 0 aromatic rings. The Kier molecular flexibility index (Phi) is 4.94. The molecule has 1 aliphatic carbocycles. The summed E-state index contributed by atoms with van der Waals surface area (Å²) in [6.07, 6.45) is 6.21. The molecule has 15 heavy (non-hydrogen) atoms. The van der Waals surface area contributed by atoms with E-state index in [9.17, 15) is 0 Å². The van der Waals surface area contributed by atoms with Crippen LogP contribution in [0.3, 0.4) is 0 Å². The summed E-state index contributed by atoms with van der Waals surface area (Å²) in [5, 5.41) is 8.34. The fourth-order valence-corrected chi connectivity index (χ4v) is 2.94. The fourth-order valence-electron chi connectivity index (χ4n) is 1.96. The zero-order chi connectivity index (χ0) is 11.3. The molecule has 0 radical (unpaired) electrons. The van der Waals surface area contributed by atoms with E-state index >= 15 is 0 Å². The number of nitrogens with one attached hydrogen (secondary N) is 1. The first kappa shape index (κ1) is 12.4. The predicted octanol–water partition coefficient (Wildman–Crippen LogP) is 1.90. The zero-order valence-electron chi connectivity index (χ0n) is 9.20. The molecule has 0 bridgehead atoms. The molecule has 1 fully saturated rings. The van der Waals surface area contributed by atoms with Gasteiger partial charge in [0, 0.05) is 5.25 Å². The summed E-state index contributed by atoms with van der Waals surface area (Å²) < 4.78 is 0. The lowest BCUT2D eigenvalue weighted by atomic mass is 9.87. The normalized spacial score (nSPS) is 25.9. The van der Waals surface area contributed by atoms with Crippen molar-refractivity contribution in [3.05, 3.63) is 0 Å². The van der Waals surface area contributed by atoms with Crippen molar-refractivity contribution in [1.29, 1.82) is 5.41 Å². The van der Waals surface area contributed by atoms with Gasteiger partial charge in [0.2, 0.25) is 0 Å². The van der Waals surface area contributed by atoms with Crippen LogP contribution in [0.5, 0.6) is 0 Å². The van der Waals surface area contributed by atoms with Crippen LogP contribution in [0.15, 0.2) is 4.99 Å². The number of amidine groups is 1. The monoisotopic (exact) mass is 228 g/mol. The predicted molar refractivity (Wildman–Crippen MR) is 67.2 cm³/mol. The van der Waals surface area contributed by atoms with Crippen LogP contribution in [-0.2, 0) is 0 Å². The van der Waals surface area contributed by atoms with E-state index in [-0.39, 0.29) is 11.1 Å². The Hall–Kier alpha value is -0.710. The number of hydrogen-bond acceptors (Lipinski definition) is 2. The molecule has 0 amide bonds. The summed E-state index contributed by atoms with van der Waals surface area (Å²) >= 11 is 1.50. The first-order chi connectivity index (χ1) is 7.11. The lowest BCUT2D eigenvalue weighted by Gasteiger charge is -2.26. The van der Waals surface area contributed by atoms with Gasteiger partial charge in [-0.05, 0) is 31.6 Å². The van der Waals surface area contributed by atoms with Crippen LogP contribution in [0, 0.1) is 11.3 Å². The maximum absolute atomic E-state index is 7.57. The van der Waals surface area contributed by atoms with Gasteiger partial charge < -0.3 is 11.5 Å². The Morgan fingerprint density at radius 2 is 1.93 bits per heavy atom. The van der Waals surface area contributed by atoms with Gasteiger partial charge in [0.05, 0.1) is 0 Å². The molecule has 0 saturated heterocycles. The number of guanidine groups is 1. The quantitative estimate of drug-likeness (QED) is 0.498. The van der Waals surface area contributed by atoms with Crippen molar-refractivity contribution in [1.82, 2.24) is 0 Å². The van der Waals surface area contributed by atoms with Gasteiger partial charge in [-0.15, -0.1) is 0 Å². The highest BCUT2D eigenvalue weighted by Crippen LogP contribution is 2.33. The molecule has 1 rings (SSSR count). The summed E-state index contributed by atoms with van der Waals surface area (Å²) in [5.41, 5.74) is 10.4. The Bertz CT molecular complexity index is 240. The summed E-state index contributed by atoms with van der Waals surface area (Å²) in [6.45, 7) is 2.25. The van der Waals surface area contributed by atoms with E-state index in [1.165, 1.54) is 43.9 Å². The molecular formula is C10H20N4S. The minimum atomic E-state index is -0.0188. The number of thioether (sulfide) groups is 1. The Morgan fingerprint density at radius 3 is 2.40 bits per heavy atom. The number of nitrogens with zero attached hydrogens (tertiary/aromatic N) is 1. The van der Waals surface area contributed by atoms with Gasteiger partial charge >= 0.3 is 0 Å². The molecule has 0 atom stereocenters. The number of nitrogens with two attached hydrogens (primary N) is 2. The van der Waals surface area contributed by atoms with Crippen molar-refractivity contribution in [2.24, 2.45) is 22.4 Å². The van der Waals surface area contributed by atoms with Gasteiger partial charge in [0.15, 0.2) is 11.1 Å². The van der Waals surface area contributed by atoms with Crippen molar-refractivity contribution in [2.45, 2.75) is 44.3 Å². The van der Waals surface area contributed by atoms with E-state index in [0.29, 0.717) is 5.25 Å². The molecule has 5 N–H and O–H groups in total. The van der Waals surface area contributed by atoms with E-state index in [1.54, 1.807) is 0 Å². The van der Waals surface area contributed by atoms with Crippen LogP contribution in [0.25, 0.3) is 0 Å². The van der Waals surface area contributed by atoms with Gasteiger partial charge in [0.1, 0.15) is 0 Å². The number of hydrogen-bond donors (Lipinski definition) is 3. The third-order valence-corrected chi connectivity index (χ3v) is 4.00. The van der Waals surface area contributed by atoms with Crippen LogP contribution in [0.1, 0.15) is 39.0 Å². The molecule has 0 aliphatic heterocycles. The first-order valence-electron chi connectivity index (χ1n) is 5.46. The van der Waals surface area contributed by atoms with Crippen LogP contribution in [0.2, 0.25) is 0 Å². The van der Waals surface area contributed by atoms with Gasteiger partial charge in [-0.1, -0.05) is 25.1 Å². The number of rotatable bonds is 2. The molecule has 86 valence electrons. The second kappa shape index (κ2) is 6.00. The average molecular weight is 228 g/mol. The van der Waals surface area contributed by atoms with Crippen molar-refractivity contribution in [2.75, 3.05) is 0 Å². The second-order valence-electron chi connectivity index (χ2n) is 4.01. The van der Waals surface area contributed by atoms with Crippen molar-refractivity contribution >= 4 is 22.9 Å². The zero-order valence-corrected chi connectivity index (χ0v) is 10.0. The molecule has 4 nitrogen and oxygen atoms in total. The maximum atomic E-state index is 7.57. The Morgan fingerprint density at radius 1 is 1.33 bits per heavy atom. The fraction of sp³-hybridized carbons (Fsp3) is 0.800. The van der Waals surface area contributed by atoms with Gasteiger partial charge in [0.25, 0.3) is 0 Å². The SMILES string of the molecule is CCC1CCC(SC(=N)N=C(N)N)CC1. The third-order valence-electron chi connectivity index (χ3n) is 2.88. The van der Waals surface area contributed by atoms with Crippen LogP contribution < -0.4 is 11.5 Å². The minimum absolute atomic E-state index is 0.0188. The molecule has 0 aromatic heterocycles. The van der Waals surface area contributed by atoms with Crippen LogP contribution >= 0.6 is 11.8 Å². The summed E-state index contributed by atoms with van der Waals surface area (Å²) in [6, 6.07) is 0. The van der Waals surface area contributed by atoms with E-state index in [2.05, 4.69) is 11.9 Å². The standard InChI is InChI=1S/C10H20N4S/c1-2-7-3-5-8(6-4-7)15-10(13)14-9(11)12/h7-8H,2-6H2,1H3,(H5,11,12,13,14). The highest BCUT2D eigenvalue weighted by atomic mass is 32.2. The topological polar surface area (TPSA) is 88.2 Å². The smallest absolute Gasteiger partial charge is 0.193 e. The lowest BCUT2D eigenvalue weighted by molar-refractivity contribution is 0.357. The average Bonchev–Trinajstić information content (AvgIpc) is 2.17. The third kappa shape index (κ3) is 4.55. The molecule has 0 aromatic carbocycles. The molecule has 0 spiro atoms. The van der Waals surface area contributed by atoms with E-state index in [1.807, 2.05) is 0 Å². The minimum Gasteiger partial charge on any atom is -0.370 e. The molecular weight excluding hydrogens is 208 g/mol. The molecule has 1 saturated carbocycles. The van der Waals surface area contributed by atoms with Crippen molar-refractivity contribution < 1.29 is 0 Å². The van der Waals surface area contributed by atoms with Crippen LogP contribution in [-0.4, -0.2) is 16.4 Å². The largest absolute Gasteiger partial charge is 0.370 e. The van der Waals surface area contributed by atoms with Crippen LogP contribution in [0.4, 0.5) is 0 Å². The van der Waals surface area contributed by atoms with Crippen molar-refractivity contribution in [3.8, 4) is 0 Å². The van der Waals surface area contributed by atoms with E-state index in [4.69, 9.17) is 16.9 Å². The lowest BCUT2D eigenvalue weighted by Crippen LogP contribution is -2.24. The molecule has 5 heteroatoms. The van der Waals surface area contributed by atoms with E-state index < -0.39 is 0 Å². The van der Waals surface area contributed by atoms with Gasteiger partial charge in [-0.2, -0.15) is 4.99 Å². The highest BCUT2D eigenvalue weighted by molar-refractivity contribution is 8.14. The maximum Gasteiger partial charge on any atom is 0.193 e. The molecule has 0 heterocycles. The Balaban J connectivity index is 2.29. The summed E-state index contributed by atoms with van der Waals surface area (Å²) in [4.78, 5) is 3.73. The van der Waals surface area contributed by atoms with E-state index in [0.717, 1.165) is 5.92 Å². The first-order valence-corrected chi connectivity index (χ1v) is 6.34. The molecule has 1 aliphatic rings. The van der Waals surface area contributed by atoms with Gasteiger partial charge in [-0.25, -0.2) is 0 Å². The Labute approximate surface area is 95.4 Å². The summed E-state index contributed by atoms with van der Waals surface area (Å²) in [7, 11) is 0. The second-order valence-corrected chi connectivity index (χ2v) is 5.30. The van der Waals surface area contributed by atoms with Gasteiger partial charge in [-0.3, -0.25) is 5.41 Å². The number of aliphatic imine (C=N–C) groups is 1.